The third-order valence-electron chi connectivity index (χ3n) is 2.93. The first-order chi connectivity index (χ1) is 10.2. The first-order valence-electron chi connectivity index (χ1n) is 6.91. The van der Waals surface area contributed by atoms with Gasteiger partial charge >= 0.3 is 0 Å². The van der Waals surface area contributed by atoms with Gasteiger partial charge in [-0.3, -0.25) is 14.8 Å². The van der Waals surface area contributed by atoms with Gasteiger partial charge in [-0.05, 0) is 24.1 Å². The molecule has 6 nitrogen and oxygen atoms in total. The zero-order chi connectivity index (χ0) is 15.1. The van der Waals surface area contributed by atoms with E-state index in [2.05, 4.69) is 27.2 Å². The van der Waals surface area contributed by atoms with E-state index in [1.165, 1.54) is 6.20 Å². The van der Waals surface area contributed by atoms with E-state index >= 15 is 0 Å². The maximum Gasteiger partial charge on any atom is 0.274 e. The normalized spacial score (nSPS) is 10.2. The highest BCUT2D eigenvalue weighted by Crippen LogP contribution is 2.08. The number of hydrogen-bond donors (Lipinski definition) is 1. The molecular formula is C15H19N5O. The summed E-state index contributed by atoms with van der Waals surface area (Å²) in [7, 11) is 1.75. The van der Waals surface area contributed by atoms with Crippen LogP contribution in [0.3, 0.4) is 0 Å². The summed E-state index contributed by atoms with van der Waals surface area (Å²) in [5, 5.41) is 3.13. The van der Waals surface area contributed by atoms with Crippen LogP contribution in [0.1, 0.15) is 29.4 Å². The van der Waals surface area contributed by atoms with Crippen molar-refractivity contribution in [3.63, 3.8) is 0 Å². The number of pyridine rings is 1. The molecule has 2 aromatic heterocycles. The highest BCUT2D eigenvalue weighted by Gasteiger charge is 2.14. The Labute approximate surface area is 124 Å². The molecule has 0 fully saturated rings. The molecule has 0 atom stereocenters. The molecule has 1 N–H and O–H groups in total. The number of anilines is 1. The second kappa shape index (κ2) is 7.33. The predicted octanol–water partition coefficient (Wildman–Crippen LogP) is 1.97. The molecule has 0 aromatic carbocycles. The molecule has 0 aliphatic heterocycles. The van der Waals surface area contributed by atoms with E-state index in [1.54, 1.807) is 30.5 Å². The maximum absolute atomic E-state index is 12.4. The zero-order valence-electron chi connectivity index (χ0n) is 12.3. The highest BCUT2D eigenvalue weighted by molar-refractivity contribution is 5.92. The molecule has 0 unspecified atom stereocenters. The van der Waals surface area contributed by atoms with Gasteiger partial charge in [0, 0.05) is 32.5 Å². The SMILES string of the molecule is CCCNc1cncc(C(=O)N(C)Cc2ccncc2)n1. The van der Waals surface area contributed by atoms with Crippen molar-refractivity contribution in [1.29, 1.82) is 0 Å². The first-order valence-corrected chi connectivity index (χ1v) is 6.91. The number of nitrogens with one attached hydrogen (secondary N) is 1. The molecule has 6 heteroatoms. The smallest absolute Gasteiger partial charge is 0.274 e. The Morgan fingerprint density at radius 3 is 2.71 bits per heavy atom. The summed E-state index contributed by atoms with van der Waals surface area (Å²) in [5.41, 5.74) is 1.36. The monoisotopic (exact) mass is 285 g/mol. The van der Waals surface area contributed by atoms with E-state index in [9.17, 15) is 4.79 Å². The number of hydrogen-bond acceptors (Lipinski definition) is 5. The van der Waals surface area contributed by atoms with Crippen molar-refractivity contribution in [2.45, 2.75) is 19.9 Å². The van der Waals surface area contributed by atoms with Crippen molar-refractivity contribution in [2.24, 2.45) is 0 Å². The minimum atomic E-state index is -0.153. The number of rotatable bonds is 6. The fraction of sp³-hybridized carbons (Fsp3) is 0.333. The molecular weight excluding hydrogens is 266 g/mol. The Kier molecular flexibility index (Phi) is 5.20. The Bertz CT molecular complexity index is 588. The molecule has 21 heavy (non-hydrogen) atoms. The lowest BCUT2D eigenvalue weighted by molar-refractivity contribution is 0.0779. The number of carbonyl (C=O) groups is 1. The third kappa shape index (κ3) is 4.24. The lowest BCUT2D eigenvalue weighted by atomic mass is 10.2. The van der Waals surface area contributed by atoms with Gasteiger partial charge < -0.3 is 10.2 Å². The van der Waals surface area contributed by atoms with Gasteiger partial charge in [0.1, 0.15) is 11.5 Å². The van der Waals surface area contributed by atoms with Crippen molar-refractivity contribution >= 4 is 11.7 Å². The summed E-state index contributed by atoms with van der Waals surface area (Å²) in [4.78, 5) is 26.3. The van der Waals surface area contributed by atoms with Crippen molar-refractivity contribution < 1.29 is 4.79 Å². The summed E-state index contributed by atoms with van der Waals surface area (Å²) in [6.45, 7) is 3.38. The van der Waals surface area contributed by atoms with Crippen LogP contribution >= 0.6 is 0 Å². The molecule has 0 saturated heterocycles. The van der Waals surface area contributed by atoms with Gasteiger partial charge in [-0.25, -0.2) is 4.98 Å². The average molecular weight is 285 g/mol. The van der Waals surface area contributed by atoms with Crippen molar-refractivity contribution in [3.05, 3.63) is 48.2 Å². The number of nitrogens with zero attached hydrogens (tertiary/aromatic N) is 4. The van der Waals surface area contributed by atoms with Crippen LogP contribution in [0.4, 0.5) is 5.82 Å². The number of amides is 1. The van der Waals surface area contributed by atoms with Crippen LogP contribution in [0.2, 0.25) is 0 Å². The third-order valence-corrected chi connectivity index (χ3v) is 2.93. The maximum atomic E-state index is 12.4. The van der Waals surface area contributed by atoms with E-state index < -0.39 is 0 Å². The Morgan fingerprint density at radius 2 is 2.00 bits per heavy atom. The van der Waals surface area contributed by atoms with Gasteiger partial charge in [-0.1, -0.05) is 6.92 Å². The molecule has 2 heterocycles. The number of carbonyl (C=O) groups excluding carboxylic acids is 1. The van der Waals surface area contributed by atoms with E-state index in [0.29, 0.717) is 18.1 Å². The average Bonchev–Trinajstić information content (AvgIpc) is 2.53. The van der Waals surface area contributed by atoms with E-state index in [0.717, 1.165) is 18.5 Å². The zero-order valence-corrected chi connectivity index (χ0v) is 12.3. The summed E-state index contributed by atoms with van der Waals surface area (Å²) in [5.74, 6) is 0.472. The van der Waals surface area contributed by atoms with Gasteiger partial charge in [0.25, 0.3) is 5.91 Å². The van der Waals surface area contributed by atoms with Gasteiger partial charge in [0.05, 0.1) is 12.4 Å². The quantitative estimate of drug-likeness (QED) is 0.878. The fourth-order valence-electron chi connectivity index (χ4n) is 1.84. The molecule has 110 valence electrons. The molecule has 0 radical (unpaired) electrons. The molecule has 2 aromatic rings. The van der Waals surface area contributed by atoms with Crippen molar-refractivity contribution in [1.82, 2.24) is 19.9 Å². The van der Waals surface area contributed by atoms with Crippen LogP contribution in [0.5, 0.6) is 0 Å². The molecule has 2 rings (SSSR count). The Hall–Kier alpha value is -2.50. The van der Waals surface area contributed by atoms with Crippen molar-refractivity contribution in [2.75, 3.05) is 18.9 Å². The summed E-state index contributed by atoms with van der Waals surface area (Å²) in [6, 6.07) is 3.77. The number of aromatic nitrogens is 3. The largest absolute Gasteiger partial charge is 0.369 e. The van der Waals surface area contributed by atoms with E-state index in [-0.39, 0.29) is 5.91 Å². The van der Waals surface area contributed by atoms with Crippen LogP contribution in [-0.4, -0.2) is 39.4 Å². The Morgan fingerprint density at radius 1 is 1.24 bits per heavy atom. The molecule has 1 amide bonds. The minimum absolute atomic E-state index is 0.153. The standard InChI is InChI=1S/C15H19N5O/c1-3-6-18-14-10-17-9-13(19-14)15(21)20(2)11-12-4-7-16-8-5-12/h4-5,7-10H,3,6,11H2,1-2H3,(H,18,19). The topological polar surface area (TPSA) is 71.0 Å². The lowest BCUT2D eigenvalue weighted by Gasteiger charge is -2.16. The fourth-order valence-corrected chi connectivity index (χ4v) is 1.84. The van der Waals surface area contributed by atoms with Gasteiger partial charge in [-0.2, -0.15) is 0 Å². The van der Waals surface area contributed by atoms with E-state index in [1.807, 2.05) is 12.1 Å². The molecule has 0 spiro atoms. The van der Waals surface area contributed by atoms with Crippen molar-refractivity contribution in [3.8, 4) is 0 Å². The summed E-state index contributed by atoms with van der Waals surface area (Å²) in [6.07, 6.45) is 7.52. The Balaban J connectivity index is 2.05. The summed E-state index contributed by atoms with van der Waals surface area (Å²) < 4.78 is 0. The second-order valence-electron chi connectivity index (χ2n) is 4.73. The van der Waals surface area contributed by atoms with Gasteiger partial charge in [0.15, 0.2) is 0 Å². The molecule has 0 bridgehead atoms. The van der Waals surface area contributed by atoms with Gasteiger partial charge in [0.2, 0.25) is 0 Å². The first kappa shape index (κ1) is 14.9. The molecule has 0 aliphatic carbocycles. The summed E-state index contributed by atoms with van der Waals surface area (Å²) >= 11 is 0. The second-order valence-corrected chi connectivity index (χ2v) is 4.73. The highest BCUT2D eigenvalue weighted by atomic mass is 16.2. The van der Waals surface area contributed by atoms with Crippen LogP contribution in [0.15, 0.2) is 36.9 Å². The molecule has 0 saturated carbocycles. The predicted molar refractivity (Wildman–Crippen MR) is 80.8 cm³/mol. The minimum Gasteiger partial charge on any atom is -0.369 e. The lowest BCUT2D eigenvalue weighted by Crippen LogP contribution is -2.27. The van der Waals surface area contributed by atoms with E-state index in [4.69, 9.17) is 0 Å². The van der Waals surface area contributed by atoms with Crippen LogP contribution in [-0.2, 0) is 6.54 Å². The van der Waals surface area contributed by atoms with Crippen LogP contribution in [0, 0.1) is 0 Å². The van der Waals surface area contributed by atoms with Crippen LogP contribution < -0.4 is 5.32 Å². The van der Waals surface area contributed by atoms with Crippen LogP contribution in [0.25, 0.3) is 0 Å². The van der Waals surface area contributed by atoms with Gasteiger partial charge in [-0.15, -0.1) is 0 Å². The molecule has 0 aliphatic rings.